The molecule has 0 bridgehead atoms. The standard InChI is InChI=1S/C16H15Cl/c1-13-5-7-14(8-6-13)3-2-4-15-9-11-16(17)12-10-15/h2,4-12H,3H2,1H3/b4-2+. The summed E-state index contributed by atoms with van der Waals surface area (Å²) in [5, 5.41) is 0.778. The Bertz CT molecular complexity index is 492. The summed E-state index contributed by atoms with van der Waals surface area (Å²) in [5.74, 6) is 0. The highest BCUT2D eigenvalue weighted by Gasteiger charge is 1.90. The molecule has 0 heterocycles. The summed E-state index contributed by atoms with van der Waals surface area (Å²) in [6.07, 6.45) is 5.26. The molecule has 1 heteroatoms. The third-order valence-corrected chi connectivity index (χ3v) is 2.91. The van der Waals surface area contributed by atoms with Crippen LogP contribution >= 0.6 is 11.6 Å². The minimum atomic E-state index is 0.778. The van der Waals surface area contributed by atoms with Gasteiger partial charge in [0.1, 0.15) is 0 Å². The van der Waals surface area contributed by atoms with E-state index in [4.69, 9.17) is 11.6 Å². The summed E-state index contributed by atoms with van der Waals surface area (Å²) >= 11 is 5.83. The molecule has 0 atom stereocenters. The second-order valence-corrected chi connectivity index (χ2v) is 4.58. The molecule has 0 aromatic heterocycles. The molecule has 0 N–H and O–H groups in total. The largest absolute Gasteiger partial charge is 0.0843 e. The lowest BCUT2D eigenvalue weighted by molar-refractivity contribution is 1.26. The third-order valence-electron chi connectivity index (χ3n) is 2.65. The molecular weight excluding hydrogens is 228 g/mol. The van der Waals surface area contributed by atoms with Gasteiger partial charge in [-0.25, -0.2) is 0 Å². The molecule has 0 radical (unpaired) electrons. The quantitative estimate of drug-likeness (QED) is 0.718. The van der Waals surface area contributed by atoms with Crippen LogP contribution in [0.15, 0.2) is 54.6 Å². The van der Waals surface area contributed by atoms with E-state index in [1.165, 1.54) is 16.7 Å². The van der Waals surface area contributed by atoms with Crippen molar-refractivity contribution >= 4 is 17.7 Å². The average molecular weight is 243 g/mol. The summed E-state index contributed by atoms with van der Waals surface area (Å²) in [6, 6.07) is 16.5. The fraction of sp³-hybridized carbons (Fsp3) is 0.125. The van der Waals surface area contributed by atoms with E-state index in [-0.39, 0.29) is 0 Å². The van der Waals surface area contributed by atoms with Crippen molar-refractivity contribution in [1.29, 1.82) is 0 Å². The van der Waals surface area contributed by atoms with Gasteiger partial charge in [-0.2, -0.15) is 0 Å². The van der Waals surface area contributed by atoms with Crippen molar-refractivity contribution in [3.8, 4) is 0 Å². The van der Waals surface area contributed by atoms with E-state index >= 15 is 0 Å². The van der Waals surface area contributed by atoms with Gasteiger partial charge in [0.15, 0.2) is 0 Å². The van der Waals surface area contributed by atoms with Crippen molar-refractivity contribution in [2.75, 3.05) is 0 Å². The van der Waals surface area contributed by atoms with Gasteiger partial charge < -0.3 is 0 Å². The number of benzene rings is 2. The summed E-state index contributed by atoms with van der Waals surface area (Å²) in [6.45, 7) is 2.10. The normalized spacial score (nSPS) is 10.9. The number of hydrogen-bond donors (Lipinski definition) is 0. The smallest absolute Gasteiger partial charge is 0.0406 e. The summed E-state index contributed by atoms with van der Waals surface area (Å²) in [4.78, 5) is 0. The fourth-order valence-electron chi connectivity index (χ4n) is 1.63. The number of halogens is 1. The maximum Gasteiger partial charge on any atom is 0.0406 e. The van der Waals surface area contributed by atoms with E-state index < -0.39 is 0 Å². The molecule has 0 aliphatic rings. The monoisotopic (exact) mass is 242 g/mol. The van der Waals surface area contributed by atoms with E-state index in [1.54, 1.807) is 0 Å². The molecule has 2 rings (SSSR count). The molecule has 2 aromatic carbocycles. The summed E-state index contributed by atoms with van der Waals surface area (Å²) < 4.78 is 0. The summed E-state index contributed by atoms with van der Waals surface area (Å²) in [5.41, 5.74) is 3.82. The topological polar surface area (TPSA) is 0 Å². The molecule has 0 saturated carbocycles. The predicted molar refractivity (Wildman–Crippen MR) is 75.4 cm³/mol. The highest BCUT2D eigenvalue weighted by Crippen LogP contribution is 2.11. The first kappa shape index (κ1) is 11.9. The van der Waals surface area contributed by atoms with Gasteiger partial charge in [-0.1, -0.05) is 65.7 Å². The molecule has 0 aliphatic carbocycles. The molecule has 0 fully saturated rings. The van der Waals surface area contributed by atoms with E-state index in [1.807, 2.05) is 24.3 Å². The van der Waals surface area contributed by atoms with E-state index in [9.17, 15) is 0 Å². The molecule has 86 valence electrons. The average Bonchev–Trinajstić information content (AvgIpc) is 2.34. The van der Waals surface area contributed by atoms with Crippen molar-refractivity contribution in [2.45, 2.75) is 13.3 Å². The van der Waals surface area contributed by atoms with Crippen LogP contribution in [-0.4, -0.2) is 0 Å². The number of aryl methyl sites for hydroxylation is 1. The van der Waals surface area contributed by atoms with Crippen molar-refractivity contribution in [3.63, 3.8) is 0 Å². The molecular formula is C16H15Cl. The molecule has 2 aromatic rings. The Morgan fingerprint density at radius 3 is 2.24 bits per heavy atom. The highest BCUT2D eigenvalue weighted by atomic mass is 35.5. The maximum absolute atomic E-state index is 5.83. The van der Waals surface area contributed by atoms with Crippen LogP contribution in [0.3, 0.4) is 0 Å². The number of rotatable bonds is 3. The van der Waals surface area contributed by atoms with E-state index in [0.717, 1.165) is 11.4 Å². The Kier molecular flexibility index (Phi) is 4.00. The molecule has 0 aliphatic heterocycles. The van der Waals surface area contributed by atoms with Gasteiger partial charge >= 0.3 is 0 Å². The van der Waals surface area contributed by atoms with Gasteiger partial charge in [-0.05, 0) is 36.6 Å². The van der Waals surface area contributed by atoms with Crippen LogP contribution in [0.4, 0.5) is 0 Å². The van der Waals surface area contributed by atoms with Crippen molar-refractivity contribution in [3.05, 3.63) is 76.3 Å². The van der Waals surface area contributed by atoms with Crippen LogP contribution in [0.25, 0.3) is 6.08 Å². The second-order valence-electron chi connectivity index (χ2n) is 4.14. The van der Waals surface area contributed by atoms with Gasteiger partial charge in [-0.3, -0.25) is 0 Å². The van der Waals surface area contributed by atoms with Crippen molar-refractivity contribution in [1.82, 2.24) is 0 Å². The molecule has 17 heavy (non-hydrogen) atoms. The zero-order valence-electron chi connectivity index (χ0n) is 9.86. The summed E-state index contributed by atoms with van der Waals surface area (Å²) in [7, 11) is 0. The van der Waals surface area contributed by atoms with E-state index in [2.05, 4.69) is 43.3 Å². The first-order chi connectivity index (χ1) is 8.24. The van der Waals surface area contributed by atoms with Crippen LogP contribution in [0, 0.1) is 6.92 Å². The molecule has 0 spiro atoms. The molecule has 0 unspecified atom stereocenters. The molecule has 0 nitrogen and oxygen atoms in total. The lowest BCUT2D eigenvalue weighted by Gasteiger charge is -1.97. The minimum absolute atomic E-state index is 0.778. The Hall–Kier alpha value is -1.53. The van der Waals surface area contributed by atoms with Gasteiger partial charge in [0.05, 0.1) is 0 Å². The van der Waals surface area contributed by atoms with Gasteiger partial charge in [0.2, 0.25) is 0 Å². The third kappa shape index (κ3) is 3.76. The molecule has 0 saturated heterocycles. The Morgan fingerprint density at radius 2 is 1.59 bits per heavy atom. The van der Waals surface area contributed by atoms with Gasteiger partial charge in [0, 0.05) is 5.02 Å². The minimum Gasteiger partial charge on any atom is -0.0843 e. The predicted octanol–water partition coefficient (Wildman–Crippen LogP) is 4.90. The van der Waals surface area contributed by atoms with Crippen LogP contribution in [0.5, 0.6) is 0 Å². The van der Waals surface area contributed by atoms with Gasteiger partial charge in [0.25, 0.3) is 0 Å². The lowest BCUT2D eigenvalue weighted by atomic mass is 10.1. The zero-order chi connectivity index (χ0) is 12.1. The first-order valence-corrected chi connectivity index (χ1v) is 6.09. The van der Waals surface area contributed by atoms with Crippen LogP contribution in [0.2, 0.25) is 5.02 Å². The number of hydrogen-bond acceptors (Lipinski definition) is 0. The zero-order valence-corrected chi connectivity index (χ0v) is 10.6. The van der Waals surface area contributed by atoms with Crippen LogP contribution < -0.4 is 0 Å². The first-order valence-electron chi connectivity index (χ1n) is 5.72. The lowest BCUT2D eigenvalue weighted by Crippen LogP contribution is -1.80. The van der Waals surface area contributed by atoms with E-state index in [0.29, 0.717) is 0 Å². The molecule has 0 amide bonds. The number of allylic oxidation sites excluding steroid dienone is 1. The Labute approximate surface area is 108 Å². The van der Waals surface area contributed by atoms with Crippen LogP contribution in [0.1, 0.15) is 16.7 Å². The highest BCUT2D eigenvalue weighted by molar-refractivity contribution is 6.30. The Balaban J connectivity index is 1.97. The maximum atomic E-state index is 5.83. The SMILES string of the molecule is Cc1ccc(C/C=C/c2ccc(Cl)cc2)cc1. The second kappa shape index (κ2) is 5.70. The van der Waals surface area contributed by atoms with Crippen molar-refractivity contribution < 1.29 is 0 Å². The van der Waals surface area contributed by atoms with Crippen molar-refractivity contribution in [2.24, 2.45) is 0 Å². The Morgan fingerprint density at radius 1 is 0.941 bits per heavy atom. The van der Waals surface area contributed by atoms with Gasteiger partial charge in [-0.15, -0.1) is 0 Å². The fourth-order valence-corrected chi connectivity index (χ4v) is 1.76. The van der Waals surface area contributed by atoms with Crippen LogP contribution in [-0.2, 0) is 6.42 Å².